The molecule has 0 atom stereocenters. The molecule has 0 spiro atoms. The zero-order chi connectivity index (χ0) is 19.9. The lowest BCUT2D eigenvalue weighted by Crippen LogP contribution is -2.16. The fraction of sp³-hybridized carbons (Fsp3) is 0.316. The number of para-hydroxylation sites is 1. The number of sulfonamides is 1. The van der Waals surface area contributed by atoms with Crippen LogP contribution in [0.3, 0.4) is 0 Å². The highest BCUT2D eigenvalue weighted by atomic mass is 32.2. The zero-order valence-corrected chi connectivity index (χ0v) is 16.1. The Bertz CT molecular complexity index is 895. The third kappa shape index (κ3) is 5.37. The monoisotopic (exact) mass is 393 g/mol. The third-order valence-electron chi connectivity index (χ3n) is 3.55. The van der Waals surface area contributed by atoms with Gasteiger partial charge < -0.3 is 14.6 Å². The molecule has 0 aromatic heterocycles. The molecule has 0 unspecified atom stereocenters. The molecule has 0 aliphatic rings. The predicted octanol–water partition coefficient (Wildman–Crippen LogP) is 3.76. The average Bonchev–Trinajstić information content (AvgIpc) is 2.64. The largest absolute Gasteiger partial charge is 0.490 e. The fourth-order valence-electron chi connectivity index (χ4n) is 2.27. The van der Waals surface area contributed by atoms with E-state index < -0.39 is 16.0 Å². The van der Waals surface area contributed by atoms with Gasteiger partial charge in [0.1, 0.15) is 0 Å². The maximum Gasteiger partial charge on any atom is 0.337 e. The number of benzene rings is 2. The van der Waals surface area contributed by atoms with Crippen molar-refractivity contribution in [1.29, 1.82) is 0 Å². The van der Waals surface area contributed by atoms with Gasteiger partial charge in [0.25, 0.3) is 10.0 Å². The highest BCUT2D eigenvalue weighted by Gasteiger charge is 2.20. The highest BCUT2D eigenvalue weighted by molar-refractivity contribution is 7.92. The number of anilines is 1. The van der Waals surface area contributed by atoms with E-state index in [2.05, 4.69) is 4.72 Å². The second-order valence-electron chi connectivity index (χ2n) is 5.76. The lowest BCUT2D eigenvalue weighted by Gasteiger charge is -2.15. The van der Waals surface area contributed by atoms with Crippen molar-refractivity contribution in [2.75, 3.05) is 17.9 Å². The summed E-state index contributed by atoms with van der Waals surface area (Å²) in [6, 6.07) is 10.1. The summed E-state index contributed by atoms with van der Waals surface area (Å²) >= 11 is 0. The van der Waals surface area contributed by atoms with Gasteiger partial charge in [0, 0.05) is 6.07 Å². The first-order valence-electron chi connectivity index (χ1n) is 8.63. The topological polar surface area (TPSA) is 102 Å². The number of aromatic carboxylic acids is 1. The van der Waals surface area contributed by atoms with Crippen LogP contribution in [0.15, 0.2) is 47.4 Å². The molecule has 0 saturated heterocycles. The second-order valence-corrected chi connectivity index (χ2v) is 7.44. The summed E-state index contributed by atoms with van der Waals surface area (Å²) in [6.45, 7) is 4.81. The minimum atomic E-state index is -4.00. The van der Waals surface area contributed by atoms with Gasteiger partial charge in [-0.25, -0.2) is 13.2 Å². The predicted molar refractivity (Wildman–Crippen MR) is 102 cm³/mol. The zero-order valence-electron chi connectivity index (χ0n) is 15.3. The van der Waals surface area contributed by atoms with Crippen LogP contribution in [0.5, 0.6) is 11.5 Å². The van der Waals surface area contributed by atoms with E-state index in [0.29, 0.717) is 24.7 Å². The number of hydrogen-bond donors (Lipinski definition) is 2. The molecule has 2 aromatic carbocycles. The summed E-state index contributed by atoms with van der Waals surface area (Å²) in [4.78, 5) is 11.2. The summed E-state index contributed by atoms with van der Waals surface area (Å²) in [5.41, 5.74) is -0.140. The maximum absolute atomic E-state index is 12.7. The number of carbonyl (C=O) groups is 1. The van der Waals surface area contributed by atoms with Crippen LogP contribution < -0.4 is 14.2 Å². The molecule has 27 heavy (non-hydrogen) atoms. The summed E-state index contributed by atoms with van der Waals surface area (Å²) in [5.74, 6) is -0.418. The van der Waals surface area contributed by atoms with Crippen molar-refractivity contribution in [3.8, 4) is 11.5 Å². The van der Waals surface area contributed by atoms with Crippen molar-refractivity contribution in [3.63, 3.8) is 0 Å². The summed E-state index contributed by atoms with van der Waals surface area (Å²) in [5, 5.41) is 9.22. The molecule has 0 amide bonds. The third-order valence-corrected chi connectivity index (χ3v) is 4.91. The molecule has 7 nitrogen and oxygen atoms in total. The molecule has 0 saturated carbocycles. The Balaban J connectivity index is 2.36. The lowest BCUT2D eigenvalue weighted by atomic mass is 10.2. The Morgan fingerprint density at radius 1 is 1.00 bits per heavy atom. The molecule has 146 valence electrons. The average molecular weight is 393 g/mol. The summed E-state index contributed by atoms with van der Waals surface area (Å²) in [7, 11) is -4.00. The first-order chi connectivity index (χ1) is 12.9. The fourth-order valence-corrected chi connectivity index (χ4v) is 3.37. The Kier molecular flexibility index (Phi) is 7.06. The van der Waals surface area contributed by atoms with Crippen LogP contribution in [0.1, 0.15) is 37.0 Å². The van der Waals surface area contributed by atoms with Gasteiger partial charge >= 0.3 is 5.97 Å². The Hall–Kier alpha value is -2.74. The van der Waals surface area contributed by atoms with E-state index in [1.165, 1.54) is 36.4 Å². The van der Waals surface area contributed by atoms with Gasteiger partial charge in [-0.05, 0) is 37.1 Å². The molecule has 0 aliphatic carbocycles. The van der Waals surface area contributed by atoms with E-state index in [9.17, 15) is 18.3 Å². The van der Waals surface area contributed by atoms with Crippen molar-refractivity contribution in [3.05, 3.63) is 48.0 Å². The van der Waals surface area contributed by atoms with Crippen LogP contribution in [0.2, 0.25) is 0 Å². The van der Waals surface area contributed by atoms with E-state index in [0.717, 1.165) is 12.8 Å². The van der Waals surface area contributed by atoms with E-state index >= 15 is 0 Å². The van der Waals surface area contributed by atoms with E-state index in [-0.39, 0.29) is 16.1 Å². The van der Waals surface area contributed by atoms with Crippen molar-refractivity contribution in [2.45, 2.75) is 31.6 Å². The van der Waals surface area contributed by atoms with Crippen LogP contribution in [0.4, 0.5) is 5.69 Å². The van der Waals surface area contributed by atoms with Crippen molar-refractivity contribution in [2.24, 2.45) is 0 Å². The van der Waals surface area contributed by atoms with Crippen LogP contribution in [0, 0.1) is 0 Å². The van der Waals surface area contributed by atoms with Crippen LogP contribution in [-0.2, 0) is 10.0 Å². The molecule has 0 heterocycles. The molecule has 0 fully saturated rings. The Morgan fingerprint density at radius 2 is 1.63 bits per heavy atom. The Morgan fingerprint density at radius 3 is 2.26 bits per heavy atom. The molecule has 2 N–H and O–H groups in total. The number of rotatable bonds is 10. The maximum atomic E-state index is 12.7. The van der Waals surface area contributed by atoms with Crippen LogP contribution in [0.25, 0.3) is 0 Å². The molecule has 2 rings (SSSR count). The van der Waals surface area contributed by atoms with Gasteiger partial charge in [-0.2, -0.15) is 0 Å². The molecule has 2 aromatic rings. The standard InChI is InChI=1S/C19H23NO6S/c1-3-11-25-17-10-9-14(13-18(17)26-12-4-2)27(23,24)20-16-8-6-5-7-15(16)19(21)22/h5-10,13,20H,3-4,11-12H2,1-2H3,(H,21,22). The quantitative estimate of drug-likeness (QED) is 0.637. The van der Waals surface area contributed by atoms with Crippen molar-refractivity contribution >= 4 is 21.7 Å². The van der Waals surface area contributed by atoms with E-state index in [4.69, 9.17) is 9.47 Å². The number of carboxylic acid groups (broad SMARTS) is 1. The minimum absolute atomic E-state index is 0.00710. The van der Waals surface area contributed by atoms with Gasteiger partial charge in [-0.15, -0.1) is 0 Å². The van der Waals surface area contributed by atoms with Crippen LogP contribution >= 0.6 is 0 Å². The van der Waals surface area contributed by atoms with Gasteiger partial charge in [0.15, 0.2) is 11.5 Å². The molecule has 0 bridgehead atoms. The van der Waals surface area contributed by atoms with E-state index in [1.807, 2.05) is 13.8 Å². The summed E-state index contributed by atoms with van der Waals surface area (Å²) in [6.07, 6.45) is 1.56. The number of hydrogen-bond acceptors (Lipinski definition) is 5. The van der Waals surface area contributed by atoms with Crippen LogP contribution in [-0.4, -0.2) is 32.7 Å². The van der Waals surface area contributed by atoms with Gasteiger partial charge in [0.05, 0.1) is 29.4 Å². The smallest absolute Gasteiger partial charge is 0.337 e. The first kappa shape index (κ1) is 20.6. The summed E-state index contributed by atoms with van der Waals surface area (Å²) < 4.78 is 39.0. The molecule has 0 radical (unpaired) electrons. The molecule has 8 heteroatoms. The lowest BCUT2D eigenvalue weighted by molar-refractivity contribution is 0.0698. The minimum Gasteiger partial charge on any atom is -0.490 e. The highest BCUT2D eigenvalue weighted by Crippen LogP contribution is 2.31. The molecular formula is C19H23NO6S. The van der Waals surface area contributed by atoms with Gasteiger partial charge in [-0.3, -0.25) is 4.72 Å². The van der Waals surface area contributed by atoms with Crippen molar-refractivity contribution in [1.82, 2.24) is 0 Å². The van der Waals surface area contributed by atoms with Gasteiger partial charge in [-0.1, -0.05) is 26.0 Å². The number of carboxylic acids is 1. The SMILES string of the molecule is CCCOc1ccc(S(=O)(=O)Nc2ccccc2C(=O)O)cc1OCCC. The number of nitrogens with one attached hydrogen (secondary N) is 1. The van der Waals surface area contributed by atoms with Crippen molar-refractivity contribution < 1.29 is 27.8 Å². The first-order valence-corrected chi connectivity index (χ1v) is 10.1. The number of ether oxygens (including phenoxy) is 2. The van der Waals surface area contributed by atoms with E-state index in [1.54, 1.807) is 6.07 Å². The normalized spacial score (nSPS) is 11.0. The van der Waals surface area contributed by atoms with Gasteiger partial charge in [0.2, 0.25) is 0 Å². The molecule has 0 aliphatic heterocycles. The molecular weight excluding hydrogens is 370 g/mol. The second kappa shape index (κ2) is 9.27. The Labute approximate surface area is 159 Å².